The summed E-state index contributed by atoms with van der Waals surface area (Å²) in [7, 11) is 1.82. The summed E-state index contributed by atoms with van der Waals surface area (Å²) < 4.78 is 11.6. The van der Waals surface area contributed by atoms with E-state index in [1.807, 2.05) is 7.11 Å². The van der Waals surface area contributed by atoms with Crippen LogP contribution in [0.15, 0.2) is 0 Å². The third-order valence-electron chi connectivity index (χ3n) is 4.23. The minimum Gasteiger partial charge on any atom is -0.381 e. The maximum atomic E-state index is 6.06. The van der Waals surface area contributed by atoms with Gasteiger partial charge in [0.15, 0.2) is 0 Å². The Morgan fingerprint density at radius 1 is 1.41 bits per heavy atom. The molecule has 1 atom stereocenters. The molecule has 2 N–H and O–H groups in total. The van der Waals surface area contributed by atoms with Crippen molar-refractivity contribution >= 4 is 0 Å². The molecule has 0 aromatic heterocycles. The maximum absolute atomic E-state index is 6.06. The number of hydrogen-bond donors (Lipinski definition) is 1. The van der Waals surface area contributed by atoms with Crippen molar-refractivity contribution in [1.82, 2.24) is 4.90 Å². The lowest BCUT2D eigenvalue weighted by Crippen LogP contribution is -2.50. The summed E-state index contributed by atoms with van der Waals surface area (Å²) in [6, 6.07) is 0. The van der Waals surface area contributed by atoms with Crippen LogP contribution in [0.4, 0.5) is 0 Å². The van der Waals surface area contributed by atoms with Crippen molar-refractivity contribution in [2.75, 3.05) is 39.9 Å². The van der Waals surface area contributed by atoms with E-state index in [9.17, 15) is 0 Å². The number of piperidine rings is 1. The fourth-order valence-corrected chi connectivity index (χ4v) is 3.03. The minimum atomic E-state index is 0.109. The van der Waals surface area contributed by atoms with E-state index < -0.39 is 0 Å². The molecule has 4 nitrogen and oxygen atoms in total. The SMILES string of the molecule is CO[C@@H]1CCOC2(CCN(CCCN)CC2)C1. The molecule has 2 saturated heterocycles. The highest BCUT2D eigenvalue weighted by Crippen LogP contribution is 2.35. The molecule has 2 fully saturated rings. The molecule has 0 amide bonds. The summed E-state index contributed by atoms with van der Waals surface area (Å²) in [5.74, 6) is 0. The van der Waals surface area contributed by atoms with Crippen molar-refractivity contribution in [2.45, 2.75) is 43.8 Å². The molecule has 0 saturated carbocycles. The predicted octanol–water partition coefficient (Wildman–Crippen LogP) is 0.995. The van der Waals surface area contributed by atoms with Crippen LogP contribution in [0.1, 0.15) is 32.1 Å². The van der Waals surface area contributed by atoms with E-state index in [0.29, 0.717) is 6.10 Å². The molecule has 2 rings (SSSR count). The van der Waals surface area contributed by atoms with Crippen LogP contribution >= 0.6 is 0 Å². The molecule has 0 aromatic rings. The van der Waals surface area contributed by atoms with Gasteiger partial charge in [-0.15, -0.1) is 0 Å². The molecule has 2 aliphatic heterocycles. The molecule has 100 valence electrons. The molecule has 0 aliphatic carbocycles. The maximum Gasteiger partial charge on any atom is 0.0731 e. The number of ether oxygens (including phenoxy) is 2. The van der Waals surface area contributed by atoms with Gasteiger partial charge in [0.1, 0.15) is 0 Å². The Bertz CT molecular complexity index is 227. The van der Waals surface area contributed by atoms with Gasteiger partial charge in [-0.2, -0.15) is 0 Å². The molecule has 0 aromatic carbocycles. The summed E-state index contributed by atoms with van der Waals surface area (Å²) in [6.07, 6.45) is 5.94. The van der Waals surface area contributed by atoms with E-state index in [2.05, 4.69) is 4.90 Å². The van der Waals surface area contributed by atoms with Gasteiger partial charge >= 0.3 is 0 Å². The first kappa shape index (κ1) is 13.3. The Morgan fingerprint density at radius 2 is 2.18 bits per heavy atom. The number of rotatable bonds is 4. The van der Waals surface area contributed by atoms with Crippen molar-refractivity contribution in [2.24, 2.45) is 5.73 Å². The van der Waals surface area contributed by atoms with Gasteiger partial charge in [-0.25, -0.2) is 0 Å². The lowest BCUT2D eigenvalue weighted by molar-refractivity contribution is -0.149. The first-order valence-corrected chi connectivity index (χ1v) is 6.87. The van der Waals surface area contributed by atoms with Crippen LogP contribution in [0, 0.1) is 0 Å². The number of likely N-dealkylation sites (tertiary alicyclic amines) is 1. The fourth-order valence-electron chi connectivity index (χ4n) is 3.03. The fraction of sp³-hybridized carbons (Fsp3) is 1.00. The summed E-state index contributed by atoms with van der Waals surface area (Å²) >= 11 is 0. The van der Waals surface area contributed by atoms with Crippen molar-refractivity contribution < 1.29 is 9.47 Å². The second-order valence-corrected chi connectivity index (χ2v) is 5.37. The molecule has 2 heterocycles. The van der Waals surface area contributed by atoms with Crippen molar-refractivity contribution in [3.63, 3.8) is 0 Å². The lowest BCUT2D eigenvalue weighted by atomic mass is 9.83. The zero-order chi connectivity index (χ0) is 12.1. The minimum absolute atomic E-state index is 0.109. The summed E-state index contributed by atoms with van der Waals surface area (Å²) in [4.78, 5) is 2.51. The first-order valence-electron chi connectivity index (χ1n) is 6.87. The molecule has 0 unspecified atom stereocenters. The van der Waals surface area contributed by atoms with Crippen LogP contribution in [0.5, 0.6) is 0 Å². The van der Waals surface area contributed by atoms with Crippen molar-refractivity contribution in [3.8, 4) is 0 Å². The van der Waals surface area contributed by atoms with Crippen LogP contribution in [0.3, 0.4) is 0 Å². The highest BCUT2D eigenvalue weighted by molar-refractivity contribution is 4.92. The Morgan fingerprint density at radius 3 is 2.82 bits per heavy atom. The number of nitrogens with two attached hydrogens (primary N) is 1. The molecular weight excluding hydrogens is 216 g/mol. The Hall–Kier alpha value is -0.160. The van der Waals surface area contributed by atoms with Crippen molar-refractivity contribution in [3.05, 3.63) is 0 Å². The molecule has 0 radical (unpaired) electrons. The second kappa shape index (κ2) is 6.14. The van der Waals surface area contributed by atoms with E-state index in [4.69, 9.17) is 15.2 Å². The number of nitrogens with zero attached hydrogens (tertiary/aromatic N) is 1. The zero-order valence-corrected chi connectivity index (χ0v) is 11.0. The van der Waals surface area contributed by atoms with E-state index in [0.717, 1.165) is 64.9 Å². The molecular formula is C13H26N2O2. The van der Waals surface area contributed by atoms with E-state index in [1.54, 1.807) is 0 Å². The highest BCUT2D eigenvalue weighted by atomic mass is 16.5. The van der Waals surface area contributed by atoms with E-state index in [1.165, 1.54) is 0 Å². The Kier molecular flexibility index (Phi) is 4.79. The van der Waals surface area contributed by atoms with E-state index >= 15 is 0 Å². The van der Waals surface area contributed by atoms with Crippen LogP contribution in [0.25, 0.3) is 0 Å². The smallest absolute Gasteiger partial charge is 0.0731 e. The van der Waals surface area contributed by atoms with Crippen LogP contribution in [0.2, 0.25) is 0 Å². The average Bonchev–Trinajstić information content (AvgIpc) is 2.38. The molecule has 0 bridgehead atoms. The number of methoxy groups -OCH3 is 1. The van der Waals surface area contributed by atoms with Crippen molar-refractivity contribution in [1.29, 1.82) is 0 Å². The Labute approximate surface area is 104 Å². The van der Waals surface area contributed by atoms with Gasteiger partial charge in [-0.05, 0) is 38.8 Å². The molecule has 1 spiro atoms. The quantitative estimate of drug-likeness (QED) is 0.799. The molecule has 4 heteroatoms. The van der Waals surface area contributed by atoms with Gasteiger partial charge < -0.3 is 20.1 Å². The summed E-state index contributed by atoms with van der Waals surface area (Å²) in [5, 5.41) is 0. The Balaban J connectivity index is 1.80. The molecule has 17 heavy (non-hydrogen) atoms. The predicted molar refractivity (Wildman–Crippen MR) is 68.1 cm³/mol. The van der Waals surface area contributed by atoms with Crippen LogP contribution in [-0.2, 0) is 9.47 Å². The van der Waals surface area contributed by atoms with Crippen LogP contribution in [-0.4, -0.2) is 56.5 Å². The first-order chi connectivity index (χ1) is 8.28. The number of hydrogen-bond acceptors (Lipinski definition) is 4. The molecule has 2 aliphatic rings. The largest absolute Gasteiger partial charge is 0.381 e. The third-order valence-corrected chi connectivity index (χ3v) is 4.23. The second-order valence-electron chi connectivity index (χ2n) is 5.37. The third kappa shape index (κ3) is 3.41. The van der Waals surface area contributed by atoms with Gasteiger partial charge in [0.05, 0.1) is 11.7 Å². The average molecular weight is 242 g/mol. The standard InChI is InChI=1S/C13H26N2O2/c1-16-12-3-10-17-13(11-12)4-8-15(9-5-13)7-2-6-14/h12H,2-11,14H2,1H3/t12-/m1/s1. The van der Waals surface area contributed by atoms with E-state index in [-0.39, 0.29) is 5.60 Å². The zero-order valence-electron chi connectivity index (χ0n) is 11.0. The lowest BCUT2D eigenvalue weighted by Gasteiger charge is -2.45. The van der Waals surface area contributed by atoms with Gasteiger partial charge in [0.25, 0.3) is 0 Å². The highest BCUT2D eigenvalue weighted by Gasteiger charge is 2.40. The summed E-state index contributed by atoms with van der Waals surface area (Å²) in [5.41, 5.74) is 5.66. The normalized spacial score (nSPS) is 29.6. The van der Waals surface area contributed by atoms with Gasteiger partial charge in [-0.3, -0.25) is 0 Å². The topological polar surface area (TPSA) is 47.7 Å². The van der Waals surface area contributed by atoms with Gasteiger partial charge in [0, 0.05) is 33.2 Å². The summed E-state index contributed by atoms with van der Waals surface area (Å²) in [6.45, 7) is 5.10. The van der Waals surface area contributed by atoms with Crippen LogP contribution < -0.4 is 5.73 Å². The van der Waals surface area contributed by atoms with Gasteiger partial charge in [-0.1, -0.05) is 0 Å². The monoisotopic (exact) mass is 242 g/mol. The van der Waals surface area contributed by atoms with Gasteiger partial charge in [0.2, 0.25) is 0 Å².